The number of likely N-dealkylation sites (N-methyl/N-ethyl adjacent to an activating group) is 1. The van der Waals surface area contributed by atoms with Crippen molar-refractivity contribution in [3.63, 3.8) is 0 Å². The van der Waals surface area contributed by atoms with E-state index in [1.807, 2.05) is 36.5 Å². The minimum absolute atomic E-state index is 0.181. The number of benzene rings is 1. The van der Waals surface area contributed by atoms with Crippen LogP contribution in [0.15, 0.2) is 47.1 Å². The third-order valence-corrected chi connectivity index (χ3v) is 3.75. The van der Waals surface area contributed by atoms with Gasteiger partial charge in [0, 0.05) is 33.8 Å². The molecule has 2 rings (SSSR count). The largest absolute Gasteiger partial charge is 0.310 e. The lowest BCUT2D eigenvalue weighted by Gasteiger charge is -2.19. The molecule has 0 amide bonds. The van der Waals surface area contributed by atoms with Crippen LogP contribution >= 0.6 is 27.5 Å². The van der Waals surface area contributed by atoms with Crippen molar-refractivity contribution in [3.05, 3.63) is 63.3 Å². The van der Waals surface area contributed by atoms with E-state index in [0.717, 1.165) is 33.7 Å². The second-order valence-corrected chi connectivity index (χ2v) is 5.62. The predicted molar refractivity (Wildman–Crippen MR) is 83.5 cm³/mol. The van der Waals surface area contributed by atoms with Crippen LogP contribution < -0.4 is 5.32 Å². The first-order valence-corrected chi connectivity index (χ1v) is 7.46. The van der Waals surface area contributed by atoms with Gasteiger partial charge in [-0.1, -0.05) is 46.6 Å². The minimum Gasteiger partial charge on any atom is -0.310 e. The summed E-state index contributed by atoms with van der Waals surface area (Å²) in [5.41, 5.74) is 2.17. The van der Waals surface area contributed by atoms with Gasteiger partial charge in [-0.25, -0.2) is 0 Å². The van der Waals surface area contributed by atoms with Crippen molar-refractivity contribution < 1.29 is 0 Å². The topological polar surface area (TPSA) is 24.9 Å². The minimum atomic E-state index is 0.181. The Morgan fingerprint density at radius 3 is 2.79 bits per heavy atom. The fourth-order valence-corrected chi connectivity index (χ4v) is 2.86. The lowest BCUT2D eigenvalue weighted by atomic mass is 10.0. The zero-order chi connectivity index (χ0) is 13.7. The average Bonchev–Trinajstić information content (AvgIpc) is 2.39. The molecule has 0 radical (unpaired) electrons. The van der Waals surface area contributed by atoms with Crippen LogP contribution in [0, 0.1) is 0 Å². The maximum atomic E-state index is 6.34. The van der Waals surface area contributed by atoms with E-state index in [4.69, 9.17) is 11.6 Å². The average molecular weight is 340 g/mol. The van der Waals surface area contributed by atoms with Gasteiger partial charge in [0.15, 0.2) is 0 Å². The molecule has 1 aromatic heterocycles. The van der Waals surface area contributed by atoms with Crippen molar-refractivity contribution in [1.29, 1.82) is 0 Å². The number of rotatable bonds is 5. The van der Waals surface area contributed by atoms with Crippen LogP contribution in [0.4, 0.5) is 0 Å². The fourth-order valence-electron chi connectivity index (χ4n) is 2.05. The Balaban J connectivity index is 2.24. The molecule has 0 bridgehead atoms. The molecule has 0 spiro atoms. The standard InChI is InChI=1S/C15H16BrClN2/c1-2-18-15(10-12-5-3-4-8-19-12)13-7-6-11(16)9-14(13)17/h3-9,15,18H,2,10H2,1H3. The summed E-state index contributed by atoms with van der Waals surface area (Å²) in [6.07, 6.45) is 2.65. The number of hydrogen-bond donors (Lipinski definition) is 1. The van der Waals surface area contributed by atoms with Gasteiger partial charge >= 0.3 is 0 Å². The number of aromatic nitrogens is 1. The molecule has 1 heterocycles. The summed E-state index contributed by atoms with van der Waals surface area (Å²) < 4.78 is 0.995. The van der Waals surface area contributed by atoms with Crippen LogP contribution in [0.5, 0.6) is 0 Å². The van der Waals surface area contributed by atoms with Gasteiger partial charge < -0.3 is 5.32 Å². The first-order chi connectivity index (χ1) is 9.20. The van der Waals surface area contributed by atoms with Gasteiger partial charge in [-0.05, 0) is 36.4 Å². The van der Waals surface area contributed by atoms with E-state index in [1.165, 1.54) is 0 Å². The van der Waals surface area contributed by atoms with Gasteiger partial charge in [0.25, 0.3) is 0 Å². The number of nitrogens with one attached hydrogen (secondary N) is 1. The molecule has 0 aliphatic rings. The van der Waals surface area contributed by atoms with Gasteiger partial charge in [-0.3, -0.25) is 4.98 Å². The molecule has 100 valence electrons. The maximum absolute atomic E-state index is 6.34. The Morgan fingerprint density at radius 2 is 2.16 bits per heavy atom. The Kier molecular flexibility index (Phi) is 5.37. The molecule has 0 aliphatic heterocycles. The molecule has 0 saturated heterocycles. The van der Waals surface area contributed by atoms with Gasteiger partial charge in [0.2, 0.25) is 0 Å². The number of halogens is 2. The Labute approximate surface area is 127 Å². The van der Waals surface area contributed by atoms with Gasteiger partial charge in [0.05, 0.1) is 0 Å². The molecule has 19 heavy (non-hydrogen) atoms. The lowest BCUT2D eigenvalue weighted by Crippen LogP contribution is -2.23. The van der Waals surface area contributed by atoms with Crippen LogP contribution in [0.3, 0.4) is 0 Å². The molecule has 4 heteroatoms. The molecule has 0 aliphatic carbocycles. The molecule has 1 unspecified atom stereocenters. The summed E-state index contributed by atoms with van der Waals surface area (Å²) in [5.74, 6) is 0. The van der Waals surface area contributed by atoms with Crippen molar-refractivity contribution >= 4 is 27.5 Å². The summed E-state index contributed by atoms with van der Waals surface area (Å²) in [5, 5.41) is 4.24. The Bertz CT molecular complexity index is 531. The SMILES string of the molecule is CCNC(Cc1ccccn1)c1ccc(Br)cc1Cl. The summed E-state index contributed by atoms with van der Waals surface area (Å²) in [6.45, 7) is 2.99. The molecule has 1 N–H and O–H groups in total. The smallest absolute Gasteiger partial charge is 0.0465 e. The Hall–Kier alpha value is -0.900. The third kappa shape index (κ3) is 4.03. The number of hydrogen-bond acceptors (Lipinski definition) is 2. The van der Waals surface area contributed by atoms with E-state index >= 15 is 0 Å². The normalized spacial score (nSPS) is 12.4. The maximum Gasteiger partial charge on any atom is 0.0465 e. The van der Waals surface area contributed by atoms with Crippen LogP contribution in [-0.2, 0) is 6.42 Å². The van der Waals surface area contributed by atoms with E-state index in [2.05, 4.69) is 39.2 Å². The molecule has 2 nitrogen and oxygen atoms in total. The summed E-state index contributed by atoms with van der Waals surface area (Å²) >= 11 is 9.77. The van der Waals surface area contributed by atoms with Crippen LogP contribution in [0.1, 0.15) is 24.2 Å². The molecular formula is C15H16BrClN2. The first-order valence-electron chi connectivity index (χ1n) is 6.29. The molecule has 2 aromatic rings. The first kappa shape index (κ1) is 14.5. The third-order valence-electron chi connectivity index (χ3n) is 2.93. The molecule has 1 atom stereocenters. The van der Waals surface area contributed by atoms with E-state index in [0.29, 0.717) is 0 Å². The summed E-state index contributed by atoms with van der Waals surface area (Å²) in [6, 6.07) is 12.2. The van der Waals surface area contributed by atoms with E-state index in [1.54, 1.807) is 0 Å². The zero-order valence-electron chi connectivity index (χ0n) is 10.7. The quantitative estimate of drug-likeness (QED) is 0.874. The van der Waals surface area contributed by atoms with Crippen molar-refractivity contribution in [2.75, 3.05) is 6.54 Å². The second kappa shape index (κ2) is 7.04. The van der Waals surface area contributed by atoms with Crippen LogP contribution in [-0.4, -0.2) is 11.5 Å². The monoisotopic (exact) mass is 338 g/mol. The van der Waals surface area contributed by atoms with E-state index < -0.39 is 0 Å². The van der Waals surface area contributed by atoms with Crippen molar-refractivity contribution in [2.45, 2.75) is 19.4 Å². The number of pyridine rings is 1. The van der Waals surface area contributed by atoms with E-state index in [-0.39, 0.29) is 6.04 Å². The van der Waals surface area contributed by atoms with Crippen LogP contribution in [0.2, 0.25) is 5.02 Å². The lowest BCUT2D eigenvalue weighted by molar-refractivity contribution is 0.544. The summed E-state index contributed by atoms with van der Waals surface area (Å²) in [4.78, 5) is 4.38. The Morgan fingerprint density at radius 1 is 1.32 bits per heavy atom. The van der Waals surface area contributed by atoms with Gasteiger partial charge in [-0.15, -0.1) is 0 Å². The van der Waals surface area contributed by atoms with Crippen LogP contribution in [0.25, 0.3) is 0 Å². The van der Waals surface area contributed by atoms with Crippen molar-refractivity contribution in [3.8, 4) is 0 Å². The molecule has 1 aromatic carbocycles. The predicted octanol–water partition coefficient (Wildman–Crippen LogP) is 4.39. The number of nitrogens with zero attached hydrogens (tertiary/aromatic N) is 1. The highest BCUT2D eigenvalue weighted by Crippen LogP contribution is 2.28. The molecule has 0 fully saturated rings. The van der Waals surface area contributed by atoms with Gasteiger partial charge in [-0.2, -0.15) is 0 Å². The summed E-state index contributed by atoms with van der Waals surface area (Å²) in [7, 11) is 0. The van der Waals surface area contributed by atoms with E-state index in [9.17, 15) is 0 Å². The van der Waals surface area contributed by atoms with Crippen molar-refractivity contribution in [2.24, 2.45) is 0 Å². The molecule has 0 saturated carbocycles. The van der Waals surface area contributed by atoms with Crippen molar-refractivity contribution in [1.82, 2.24) is 10.3 Å². The van der Waals surface area contributed by atoms with Gasteiger partial charge in [0.1, 0.15) is 0 Å². The zero-order valence-corrected chi connectivity index (χ0v) is 13.1. The highest BCUT2D eigenvalue weighted by Gasteiger charge is 2.15. The fraction of sp³-hybridized carbons (Fsp3) is 0.267. The second-order valence-electron chi connectivity index (χ2n) is 4.30. The highest BCUT2D eigenvalue weighted by molar-refractivity contribution is 9.10. The highest BCUT2D eigenvalue weighted by atomic mass is 79.9. The molecular weight excluding hydrogens is 324 g/mol.